The van der Waals surface area contributed by atoms with E-state index < -0.39 is 17.7 Å². The highest BCUT2D eigenvalue weighted by molar-refractivity contribution is 5.35. The van der Waals surface area contributed by atoms with Crippen molar-refractivity contribution in [3.05, 3.63) is 70.2 Å². The van der Waals surface area contributed by atoms with Crippen LogP contribution in [0, 0.1) is 11.6 Å². The van der Waals surface area contributed by atoms with Crippen LogP contribution in [0.2, 0.25) is 0 Å². The van der Waals surface area contributed by atoms with E-state index in [0.29, 0.717) is 5.56 Å². The molecule has 0 unspecified atom stereocenters. The lowest BCUT2D eigenvalue weighted by molar-refractivity contribution is 0.138. The van der Waals surface area contributed by atoms with Gasteiger partial charge in [-0.2, -0.15) is 0 Å². The number of hydrogen-bond donors (Lipinski definition) is 0. The highest BCUT2D eigenvalue weighted by Gasteiger charge is 2.15. The van der Waals surface area contributed by atoms with Crippen LogP contribution in [0.25, 0.3) is 0 Å². The van der Waals surface area contributed by atoms with E-state index in [1.54, 1.807) is 0 Å². The van der Waals surface area contributed by atoms with Gasteiger partial charge in [-0.15, -0.1) is 0 Å². The molecule has 0 N–H and O–H groups in total. The maximum absolute atomic E-state index is 13.5. The molecule has 4 heteroatoms. The zero-order chi connectivity index (χ0) is 19.3. The molecule has 1 aromatic carbocycles. The summed E-state index contributed by atoms with van der Waals surface area (Å²) in [6.07, 6.45) is 6.79. The first-order chi connectivity index (χ1) is 12.3. The molecule has 1 aliphatic rings. The van der Waals surface area contributed by atoms with E-state index in [9.17, 15) is 8.78 Å². The van der Waals surface area contributed by atoms with Gasteiger partial charge >= 0.3 is 0 Å². The molecule has 0 heterocycles. The third-order valence-corrected chi connectivity index (χ3v) is 4.81. The topological polar surface area (TPSA) is 12.5 Å². The first kappa shape index (κ1) is 20.2. The molecule has 0 bridgehead atoms. The van der Waals surface area contributed by atoms with E-state index in [-0.39, 0.29) is 0 Å². The minimum atomic E-state index is -0.587. The van der Waals surface area contributed by atoms with Gasteiger partial charge in [-0.1, -0.05) is 0 Å². The van der Waals surface area contributed by atoms with Gasteiger partial charge in [-0.05, 0) is 88.0 Å². The average Bonchev–Trinajstić information content (AvgIpc) is 2.65. The molecule has 0 saturated heterocycles. The van der Waals surface area contributed by atoms with Crippen molar-refractivity contribution in [2.75, 3.05) is 13.6 Å². The summed E-state index contributed by atoms with van der Waals surface area (Å²) in [5, 5.41) is 0. The predicted molar refractivity (Wildman–Crippen MR) is 103 cm³/mol. The van der Waals surface area contributed by atoms with Crippen LogP contribution in [0.4, 0.5) is 8.78 Å². The maximum atomic E-state index is 13.5. The zero-order valence-electron chi connectivity index (χ0n) is 16.4. The molecule has 0 aliphatic heterocycles. The van der Waals surface area contributed by atoms with E-state index in [1.165, 1.54) is 23.4 Å². The van der Waals surface area contributed by atoms with E-state index in [0.717, 1.165) is 43.2 Å². The van der Waals surface area contributed by atoms with Crippen LogP contribution in [0.3, 0.4) is 0 Å². The Kier molecular flexibility index (Phi) is 7.01. The Morgan fingerprint density at radius 2 is 1.81 bits per heavy atom. The van der Waals surface area contributed by atoms with Crippen molar-refractivity contribution in [3.63, 3.8) is 0 Å². The third-order valence-electron chi connectivity index (χ3n) is 4.81. The Bertz CT molecular complexity index is 713. The number of rotatable bonds is 5. The molecule has 2 nitrogen and oxygen atoms in total. The number of halogens is 2. The number of nitrogens with zero attached hydrogens (tertiary/aromatic N) is 1. The molecule has 0 amide bonds. The van der Waals surface area contributed by atoms with Crippen LogP contribution in [0.15, 0.2) is 53.0 Å². The summed E-state index contributed by atoms with van der Waals surface area (Å²) < 4.78 is 33.1. The average molecular weight is 361 g/mol. The molecule has 26 heavy (non-hydrogen) atoms. The van der Waals surface area contributed by atoms with Crippen LogP contribution >= 0.6 is 0 Å². The molecule has 2 rings (SSSR count). The second-order valence-corrected chi connectivity index (χ2v) is 6.93. The van der Waals surface area contributed by atoms with Crippen molar-refractivity contribution in [1.29, 1.82) is 0 Å². The first-order valence-corrected chi connectivity index (χ1v) is 9.24. The molecular formula is C22H29F2NO. The van der Waals surface area contributed by atoms with Crippen molar-refractivity contribution in [2.24, 2.45) is 0 Å². The van der Waals surface area contributed by atoms with Crippen molar-refractivity contribution < 1.29 is 13.5 Å². The minimum absolute atomic E-state index is 0.437. The molecule has 0 radical (unpaired) electrons. The smallest absolute Gasteiger partial charge is 0.126 e. The van der Waals surface area contributed by atoms with Crippen molar-refractivity contribution in [1.82, 2.24) is 4.90 Å². The van der Waals surface area contributed by atoms with Crippen molar-refractivity contribution in [2.45, 2.75) is 53.1 Å². The van der Waals surface area contributed by atoms with E-state index in [4.69, 9.17) is 4.74 Å². The highest BCUT2D eigenvalue weighted by atomic mass is 19.1. The quantitative estimate of drug-likeness (QED) is 0.612. The van der Waals surface area contributed by atoms with E-state index in [1.807, 2.05) is 13.8 Å². The molecule has 1 atom stereocenters. The van der Waals surface area contributed by atoms with Gasteiger partial charge < -0.3 is 9.64 Å². The zero-order valence-corrected chi connectivity index (χ0v) is 16.4. The maximum Gasteiger partial charge on any atom is 0.126 e. The van der Waals surface area contributed by atoms with Gasteiger partial charge in [-0.3, -0.25) is 0 Å². The molecule has 142 valence electrons. The molecular weight excluding hydrogens is 332 g/mol. The van der Waals surface area contributed by atoms with Gasteiger partial charge in [0.25, 0.3) is 0 Å². The third kappa shape index (κ3) is 5.20. The number of benzene rings is 1. The Labute approximate surface area is 155 Å². The van der Waals surface area contributed by atoms with Crippen LogP contribution < -0.4 is 0 Å². The lowest BCUT2D eigenvalue weighted by Gasteiger charge is -2.23. The standard InChI is InChI=1S/C22H29F2NO/c1-6-25(5)21-11-16(3)22(10-8-7-9-15(21)2)26-17(4)18-12-19(23)14-20(24)13-18/h10-14,17H,6-9H2,1-5H3/b16-11-,21-15+,22-10-/t17-/m0/s1. The normalized spacial score (nSPS) is 23.7. The number of hydrogen-bond acceptors (Lipinski definition) is 2. The van der Waals surface area contributed by atoms with Crippen LogP contribution in [0.5, 0.6) is 0 Å². The molecule has 0 fully saturated rings. The van der Waals surface area contributed by atoms with Gasteiger partial charge in [-0.25, -0.2) is 8.78 Å². The van der Waals surface area contributed by atoms with E-state index >= 15 is 0 Å². The van der Waals surface area contributed by atoms with Crippen LogP contribution in [-0.4, -0.2) is 18.5 Å². The molecule has 0 aromatic heterocycles. The second-order valence-electron chi connectivity index (χ2n) is 6.93. The summed E-state index contributed by atoms with van der Waals surface area (Å²) in [6.45, 7) is 9.07. The molecule has 0 spiro atoms. The molecule has 1 aliphatic carbocycles. The molecule has 1 aromatic rings. The fraction of sp³-hybridized carbons (Fsp3) is 0.455. The van der Waals surface area contributed by atoms with Gasteiger partial charge in [0.05, 0.1) is 0 Å². The molecule has 0 saturated carbocycles. The second kappa shape index (κ2) is 9.02. The van der Waals surface area contributed by atoms with Gasteiger partial charge in [0.15, 0.2) is 0 Å². The predicted octanol–water partition coefficient (Wildman–Crippen LogP) is 6.28. The van der Waals surface area contributed by atoms with Crippen LogP contribution in [0.1, 0.15) is 58.6 Å². The summed E-state index contributed by atoms with van der Waals surface area (Å²) in [5.41, 5.74) is 4.09. The van der Waals surface area contributed by atoms with Crippen LogP contribution in [-0.2, 0) is 4.74 Å². The fourth-order valence-electron chi connectivity index (χ4n) is 3.10. The summed E-state index contributed by atoms with van der Waals surface area (Å²) in [5.74, 6) is -0.396. The van der Waals surface area contributed by atoms with Gasteiger partial charge in [0.1, 0.15) is 23.5 Å². The van der Waals surface area contributed by atoms with Gasteiger partial charge in [0.2, 0.25) is 0 Å². The first-order valence-electron chi connectivity index (χ1n) is 9.24. The number of ether oxygens (including phenoxy) is 1. The number of likely N-dealkylation sites (N-methyl/N-ethyl adjacent to an activating group) is 1. The lowest BCUT2D eigenvalue weighted by atomic mass is 10.1. The largest absolute Gasteiger partial charge is 0.486 e. The van der Waals surface area contributed by atoms with Crippen molar-refractivity contribution in [3.8, 4) is 0 Å². The Balaban J connectivity index is 2.29. The van der Waals surface area contributed by atoms with Crippen molar-refractivity contribution >= 4 is 0 Å². The monoisotopic (exact) mass is 361 g/mol. The summed E-state index contributed by atoms with van der Waals surface area (Å²) in [4.78, 5) is 2.23. The number of allylic oxidation sites excluding steroid dienone is 4. The SMILES string of the molecule is CCN(C)C1=C(\C)CCC/C=C(O[C@@H](C)c2cc(F)cc(F)c2)/C(C)=C\1. The van der Waals surface area contributed by atoms with E-state index in [2.05, 4.69) is 37.9 Å². The Morgan fingerprint density at radius 3 is 2.42 bits per heavy atom. The Morgan fingerprint density at radius 1 is 1.15 bits per heavy atom. The fourth-order valence-corrected chi connectivity index (χ4v) is 3.10. The highest BCUT2D eigenvalue weighted by Crippen LogP contribution is 2.29. The van der Waals surface area contributed by atoms with Gasteiger partial charge in [0, 0.05) is 25.4 Å². The lowest BCUT2D eigenvalue weighted by Crippen LogP contribution is -2.17. The minimum Gasteiger partial charge on any atom is -0.486 e. The Hall–Kier alpha value is -2.10. The summed E-state index contributed by atoms with van der Waals surface area (Å²) in [7, 11) is 2.09. The summed E-state index contributed by atoms with van der Waals surface area (Å²) >= 11 is 0. The summed E-state index contributed by atoms with van der Waals surface area (Å²) in [6, 6.07) is 3.52.